The topological polar surface area (TPSA) is 15.3 Å². The molecule has 1 unspecified atom stereocenters. The van der Waals surface area contributed by atoms with Gasteiger partial charge in [-0.1, -0.05) is 49.7 Å². The molecule has 0 fully saturated rings. The van der Waals surface area contributed by atoms with Gasteiger partial charge in [-0.05, 0) is 32.1 Å². The Balaban J connectivity index is 2.19. The number of likely N-dealkylation sites (N-methyl/N-ethyl adjacent to an activating group) is 1. The summed E-state index contributed by atoms with van der Waals surface area (Å²) in [5.41, 5.74) is 1.16. The Morgan fingerprint density at radius 3 is 2.35 bits per heavy atom. The number of anilines is 1. The maximum atomic E-state index is 6.26. The van der Waals surface area contributed by atoms with Gasteiger partial charge >= 0.3 is 0 Å². The van der Waals surface area contributed by atoms with Crippen LogP contribution < -0.4 is 5.32 Å². The van der Waals surface area contributed by atoms with E-state index in [1.165, 1.54) is 5.39 Å². The first-order chi connectivity index (χ1) is 9.65. The summed E-state index contributed by atoms with van der Waals surface area (Å²) in [6, 6.07) is 12.7. The maximum Gasteiger partial charge on any atom is 0.0485 e. The number of hydrogen-bond donors (Lipinski definition) is 1. The van der Waals surface area contributed by atoms with Gasteiger partial charge in [0.25, 0.3) is 0 Å². The quantitative estimate of drug-likeness (QED) is 0.834. The van der Waals surface area contributed by atoms with E-state index in [-0.39, 0.29) is 0 Å². The molecule has 2 aromatic carbocycles. The van der Waals surface area contributed by atoms with Gasteiger partial charge in [-0.3, -0.25) is 0 Å². The van der Waals surface area contributed by atoms with Crippen LogP contribution in [-0.4, -0.2) is 30.6 Å². The molecule has 0 amide bonds. The first-order valence-electron chi connectivity index (χ1n) is 7.31. The van der Waals surface area contributed by atoms with Crippen LogP contribution in [0.4, 0.5) is 5.69 Å². The molecule has 20 heavy (non-hydrogen) atoms. The highest BCUT2D eigenvalue weighted by molar-refractivity contribution is 6.36. The first kappa shape index (κ1) is 15.1. The van der Waals surface area contributed by atoms with E-state index >= 15 is 0 Å². The molecule has 3 heteroatoms. The summed E-state index contributed by atoms with van der Waals surface area (Å²) in [6.45, 7) is 9.85. The lowest BCUT2D eigenvalue weighted by Gasteiger charge is -2.24. The summed E-state index contributed by atoms with van der Waals surface area (Å²) in [5.74, 6) is 0. The lowest BCUT2D eigenvalue weighted by molar-refractivity contribution is 0.295. The second-order valence-corrected chi connectivity index (χ2v) is 5.58. The van der Waals surface area contributed by atoms with E-state index in [1.807, 2.05) is 12.1 Å². The Bertz CT molecular complexity index is 564. The van der Waals surface area contributed by atoms with Crippen molar-refractivity contribution in [1.29, 1.82) is 0 Å². The Labute approximate surface area is 126 Å². The van der Waals surface area contributed by atoms with Crippen molar-refractivity contribution in [2.45, 2.75) is 26.8 Å². The van der Waals surface area contributed by atoms with Crippen molar-refractivity contribution in [2.24, 2.45) is 0 Å². The van der Waals surface area contributed by atoms with Crippen molar-refractivity contribution in [2.75, 3.05) is 25.0 Å². The molecular formula is C17H23ClN2. The van der Waals surface area contributed by atoms with E-state index in [0.717, 1.165) is 35.7 Å². The molecule has 1 N–H and O–H groups in total. The monoisotopic (exact) mass is 290 g/mol. The first-order valence-corrected chi connectivity index (χ1v) is 7.69. The van der Waals surface area contributed by atoms with Crippen LogP contribution in [0.5, 0.6) is 0 Å². The van der Waals surface area contributed by atoms with Crippen molar-refractivity contribution >= 4 is 28.1 Å². The van der Waals surface area contributed by atoms with Crippen LogP contribution in [0, 0.1) is 0 Å². The van der Waals surface area contributed by atoms with Crippen molar-refractivity contribution < 1.29 is 0 Å². The minimum Gasteiger partial charge on any atom is -0.381 e. The van der Waals surface area contributed by atoms with Crippen molar-refractivity contribution in [3.8, 4) is 0 Å². The SMILES string of the molecule is CCN(CC)CC(C)Nc1ccc(Cl)c2ccccc12. The zero-order valence-electron chi connectivity index (χ0n) is 12.5. The molecule has 2 nitrogen and oxygen atoms in total. The number of hydrogen-bond acceptors (Lipinski definition) is 2. The smallest absolute Gasteiger partial charge is 0.0485 e. The Morgan fingerprint density at radius 2 is 1.70 bits per heavy atom. The van der Waals surface area contributed by atoms with Gasteiger partial charge < -0.3 is 10.2 Å². The number of nitrogens with zero attached hydrogens (tertiary/aromatic N) is 1. The van der Waals surface area contributed by atoms with E-state index in [1.54, 1.807) is 0 Å². The molecule has 0 spiro atoms. The molecule has 1 atom stereocenters. The van der Waals surface area contributed by atoms with Crippen LogP contribution in [0.15, 0.2) is 36.4 Å². The van der Waals surface area contributed by atoms with Crippen LogP contribution >= 0.6 is 11.6 Å². The summed E-state index contributed by atoms with van der Waals surface area (Å²) >= 11 is 6.26. The standard InChI is InChI=1S/C17H23ClN2/c1-4-20(5-2)12-13(3)19-17-11-10-16(18)14-8-6-7-9-15(14)17/h6-11,13,19H,4-5,12H2,1-3H3. The fourth-order valence-electron chi connectivity index (χ4n) is 2.57. The Hall–Kier alpha value is -1.25. The van der Waals surface area contributed by atoms with Gasteiger partial charge in [0.15, 0.2) is 0 Å². The predicted molar refractivity (Wildman–Crippen MR) is 89.8 cm³/mol. The lowest BCUT2D eigenvalue weighted by Crippen LogP contribution is -2.34. The average Bonchev–Trinajstić information content (AvgIpc) is 2.48. The normalized spacial score (nSPS) is 12.8. The van der Waals surface area contributed by atoms with E-state index in [4.69, 9.17) is 11.6 Å². The van der Waals surface area contributed by atoms with Gasteiger partial charge in [0, 0.05) is 34.1 Å². The van der Waals surface area contributed by atoms with Crippen molar-refractivity contribution in [3.63, 3.8) is 0 Å². The highest BCUT2D eigenvalue weighted by Gasteiger charge is 2.09. The van der Waals surface area contributed by atoms with E-state index in [9.17, 15) is 0 Å². The minimum atomic E-state index is 0.402. The number of rotatable bonds is 6. The van der Waals surface area contributed by atoms with E-state index < -0.39 is 0 Å². The summed E-state index contributed by atoms with van der Waals surface area (Å²) < 4.78 is 0. The number of benzene rings is 2. The van der Waals surface area contributed by atoms with Gasteiger partial charge in [-0.25, -0.2) is 0 Å². The minimum absolute atomic E-state index is 0.402. The molecule has 0 radical (unpaired) electrons. The Morgan fingerprint density at radius 1 is 1.05 bits per heavy atom. The molecule has 0 aliphatic rings. The van der Waals surface area contributed by atoms with E-state index in [0.29, 0.717) is 6.04 Å². The second-order valence-electron chi connectivity index (χ2n) is 5.17. The van der Waals surface area contributed by atoms with Crippen LogP contribution in [0.1, 0.15) is 20.8 Å². The summed E-state index contributed by atoms with van der Waals surface area (Å²) in [7, 11) is 0. The third kappa shape index (κ3) is 3.44. The summed E-state index contributed by atoms with van der Waals surface area (Å²) in [6.07, 6.45) is 0. The molecular weight excluding hydrogens is 268 g/mol. The average molecular weight is 291 g/mol. The zero-order valence-corrected chi connectivity index (χ0v) is 13.2. The fraction of sp³-hybridized carbons (Fsp3) is 0.412. The van der Waals surface area contributed by atoms with Crippen LogP contribution in [0.25, 0.3) is 10.8 Å². The van der Waals surface area contributed by atoms with Crippen molar-refractivity contribution in [3.05, 3.63) is 41.4 Å². The predicted octanol–water partition coefficient (Wildman–Crippen LogP) is 4.64. The number of nitrogens with one attached hydrogen (secondary N) is 1. The Kier molecular flexibility index (Phi) is 5.27. The van der Waals surface area contributed by atoms with E-state index in [2.05, 4.69) is 55.3 Å². The third-order valence-corrected chi connectivity index (χ3v) is 4.03. The zero-order chi connectivity index (χ0) is 14.5. The van der Waals surface area contributed by atoms with Crippen LogP contribution in [0.3, 0.4) is 0 Å². The molecule has 2 aromatic rings. The highest BCUT2D eigenvalue weighted by atomic mass is 35.5. The molecule has 0 saturated carbocycles. The maximum absolute atomic E-state index is 6.26. The lowest BCUT2D eigenvalue weighted by atomic mass is 10.1. The van der Waals surface area contributed by atoms with Crippen molar-refractivity contribution in [1.82, 2.24) is 4.90 Å². The molecule has 0 bridgehead atoms. The molecule has 2 rings (SSSR count). The van der Waals surface area contributed by atoms with Crippen LogP contribution in [0.2, 0.25) is 5.02 Å². The molecule has 0 aliphatic carbocycles. The van der Waals surface area contributed by atoms with Gasteiger partial charge in [-0.15, -0.1) is 0 Å². The second kappa shape index (κ2) is 6.96. The molecule has 108 valence electrons. The fourth-order valence-corrected chi connectivity index (χ4v) is 2.80. The van der Waals surface area contributed by atoms with Gasteiger partial charge in [0.2, 0.25) is 0 Å². The summed E-state index contributed by atoms with van der Waals surface area (Å²) in [5, 5.41) is 6.71. The third-order valence-electron chi connectivity index (χ3n) is 3.70. The van der Waals surface area contributed by atoms with Gasteiger partial charge in [0.1, 0.15) is 0 Å². The number of fused-ring (bicyclic) bond motifs is 1. The molecule has 0 aliphatic heterocycles. The van der Waals surface area contributed by atoms with Gasteiger partial charge in [-0.2, -0.15) is 0 Å². The molecule has 0 heterocycles. The van der Waals surface area contributed by atoms with Crippen LogP contribution in [-0.2, 0) is 0 Å². The largest absolute Gasteiger partial charge is 0.381 e. The number of halogens is 1. The molecule has 0 saturated heterocycles. The highest BCUT2D eigenvalue weighted by Crippen LogP contribution is 2.29. The van der Waals surface area contributed by atoms with Gasteiger partial charge in [0.05, 0.1) is 0 Å². The molecule has 0 aromatic heterocycles. The summed E-state index contributed by atoms with van der Waals surface area (Å²) in [4.78, 5) is 2.43.